The summed E-state index contributed by atoms with van der Waals surface area (Å²) in [5.74, 6) is 0.573. The monoisotopic (exact) mass is 249 g/mol. The summed E-state index contributed by atoms with van der Waals surface area (Å²) >= 11 is 0. The number of aryl methyl sites for hydroxylation is 2. The molecule has 0 bridgehead atoms. The minimum atomic E-state index is -0.831. The van der Waals surface area contributed by atoms with Crippen LogP contribution in [0.15, 0.2) is 12.1 Å². The molecule has 3 nitrogen and oxygen atoms in total. The second kappa shape index (κ2) is 5.53. The molecule has 0 saturated carbocycles. The molecule has 0 heterocycles. The van der Waals surface area contributed by atoms with Crippen LogP contribution in [0.5, 0.6) is 5.75 Å². The van der Waals surface area contributed by atoms with E-state index in [1.54, 1.807) is 14.0 Å². The third-order valence-electron chi connectivity index (χ3n) is 3.18. The number of benzene rings is 1. The van der Waals surface area contributed by atoms with Crippen molar-refractivity contribution in [2.45, 2.75) is 46.1 Å². The molecule has 1 aromatic carbocycles. The van der Waals surface area contributed by atoms with Gasteiger partial charge in [-0.3, -0.25) is 4.79 Å². The molecule has 1 atom stereocenters. The Labute approximate surface area is 109 Å². The minimum absolute atomic E-state index is 0.0429. The first-order valence-corrected chi connectivity index (χ1v) is 6.32. The van der Waals surface area contributed by atoms with Crippen LogP contribution >= 0.6 is 0 Å². The lowest BCUT2D eigenvalue weighted by Gasteiger charge is -2.24. The molecule has 1 aromatic rings. The van der Waals surface area contributed by atoms with Crippen molar-refractivity contribution in [2.24, 2.45) is 5.73 Å². The van der Waals surface area contributed by atoms with Gasteiger partial charge in [0.05, 0.1) is 18.2 Å². The molecule has 0 amide bonds. The molecule has 2 N–H and O–H groups in total. The highest BCUT2D eigenvalue weighted by Crippen LogP contribution is 2.28. The second-order valence-electron chi connectivity index (χ2n) is 5.16. The molecule has 0 aromatic heterocycles. The molecule has 0 radical (unpaired) electrons. The van der Waals surface area contributed by atoms with Crippen molar-refractivity contribution in [1.82, 2.24) is 0 Å². The van der Waals surface area contributed by atoms with Gasteiger partial charge in [0.2, 0.25) is 0 Å². The number of nitrogens with two attached hydrogens (primary N) is 1. The molecular weight excluding hydrogens is 226 g/mol. The van der Waals surface area contributed by atoms with Crippen LogP contribution in [0.3, 0.4) is 0 Å². The summed E-state index contributed by atoms with van der Waals surface area (Å²) in [7, 11) is 1.58. The predicted octanol–water partition coefficient (Wildman–Crippen LogP) is 3.01. The zero-order chi connectivity index (χ0) is 13.9. The van der Waals surface area contributed by atoms with E-state index in [2.05, 4.69) is 0 Å². The van der Waals surface area contributed by atoms with E-state index in [1.807, 2.05) is 32.9 Å². The van der Waals surface area contributed by atoms with Crippen LogP contribution in [-0.4, -0.2) is 18.4 Å². The smallest absolute Gasteiger partial charge is 0.186 e. The fourth-order valence-corrected chi connectivity index (χ4v) is 2.30. The maximum atomic E-state index is 12.6. The van der Waals surface area contributed by atoms with E-state index < -0.39 is 5.54 Å². The van der Waals surface area contributed by atoms with Crippen LogP contribution in [0.4, 0.5) is 0 Å². The van der Waals surface area contributed by atoms with Crippen LogP contribution in [0.1, 0.15) is 48.2 Å². The van der Waals surface area contributed by atoms with Crippen LogP contribution in [0.2, 0.25) is 0 Å². The van der Waals surface area contributed by atoms with Gasteiger partial charge in [0.25, 0.3) is 0 Å². The van der Waals surface area contributed by atoms with Crippen molar-refractivity contribution in [3.05, 3.63) is 28.8 Å². The van der Waals surface area contributed by atoms with Crippen molar-refractivity contribution in [2.75, 3.05) is 7.11 Å². The first-order chi connectivity index (χ1) is 8.33. The number of hydrogen-bond acceptors (Lipinski definition) is 3. The van der Waals surface area contributed by atoms with Crippen molar-refractivity contribution in [1.29, 1.82) is 0 Å². The number of methoxy groups -OCH3 is 1. The molecule has 0 fully saturated rings. The van der Waals surface area contributed by atoms with E-state index in [-0.39, 0.29) is 5.78 Å². The number of hydrogen-bond donors (Lipinski definition) is 1. The van der Waals surface area contributed by atoms with Gasteiger partial charge in [-0.1, -0.05) is 19.4 Å². The fraction of sp³-hybridized carbons (Fsp3) is 0.533. The number of Topliss-reactive ketones (excluding diaryl/α,β-unsaturated/α-hetero) is 1. The zero-order valence-corrected chi connectivity index (χ0v) is 12.0. The van der Waals surface area contributed by atoms with E-state index in [0.29, 0.717) is 17.7 Å². The molecule has 100 valence electrons. The lowest BCUT2D eigenvalue weighted by molar-refractivity contribution is 0.0889. The van der Waals surface area contributed by atoms with E-state index in [1.165, 1.54) is 0 Å². The Hall–Kier alpha value is -1.35. The normalized spacial score (nSPS) is 14.1. The SMILES string of the molecule is CCCC(C)(N)C(=O)c1c(C)cc(C)cc1OC. The van der Waals surface area contributed by atoms with Gasteiger partial charge in [-0.2, -0.15) is 0 Å². The number of carbonyl (C=O) groups is 1. The maximum absolute atomic E-state index is 12.6. The van der Waals surface area contributed by atoms with Gasteiger partial charge in [-0.05, 0) is 44.4 Å². The molecule has 0 aliphatic heterocycles. The Morgan fingerprint density at radius 2 is 2.00 bits per heavy atom. The van der Waals surface area contributed by atoms with Gasteiger partial charge in [0.1, 0.15) is 5.75 Å². The summed E-state index contributed by atoms with van der Waals surface area (Å²) in [5.41, 5.74) is 7.91. The van der Waals surface area contributed by atoms with Gasteiger partial charge < -0.3 is 10.5 Å². The first-order valence-electron chi connectivity index (χ1n) is 6.32. The third-order valence-corrected chi connectivity index (χ3v) is 3.18. The number of carbonyl (C=O) groups excluding carboxylic acids is 1. The summed E-state index contributed by atoms with van der Waals surface area (Å²) in [5, 5.41) is 0. The summed E-state index contributed by atoms with van der Waals surface area (Å²) in [6, 6.07) is 3.86. The quantitative estimate of drug-likeness (QED) is 0.816. The van der Waals surface area contributed by atoms with Crippen LogP contribution in [0.25, 0.3) is 0 Å². The number of rotatable bonds is 5. The highest BCUT2D eigenvalue weighted by molar-refractivity contribution is 6.06. The molecule has 0 aliphatic carbocycles. The summed E-state index contributed by atoms with van der Waals surface area (Å²) in [6.07, 6.45) is 1.55. The van der Waals surface area contributed by atoms with E-state index in [9.17, 15) is 4.79 Å². The summed E-state index contributed by atoms with van der Waals surface area (Å²) < 4.78 is 5.33. The highest BCUT2D eigenvalue weighted by atomic mass is 16.5. The fourth-order valence-electron chi connectivity index (χ4n) is 2.30. The van der Waals surface area contributed by atoms with E-state index in [4.69, 9.17) is 10.5 Å². The summed E-state index contributed by atoms with van der Waals surface area (Å²) in [6.45, 7) is 7.72. The molecule has 1 rings (SSSR count). The zero-order valence-electron chi connectivity index (χ0n) is 12.0. The van der Waals surface area contributed by atoms with Crippen LogP contribution < -0.4 is 10.5 Å². The van der Waals surface area contributed by atoms with Gasteiger partial charge >= 0.3 is 0 Å². The lowest BCUT2D eigenvalue weighted by atomic mass is 9.85. The van der Waals surface area contributed by atoms with E-state index in [0.717, 1.165) is 17.5 Å². The van der Waals surface area contributed by atoms with Crippen LogP contribution in [0, 0.1) is 13.8 Å². The Kier molecular flexibility index (Phi) is 4.52. The van der Waals surface area contributed by atoms with Crippen molar-refractivity contribution >= 4 is 5.78 Å². The van der Waals surface area contributed by atoms with Crippen molar-refractivity contribution < 1.29 is 9.53 Å². The summed E-state index contributed by atoms with van der Waals surface area (Å²) in [4.78, 5) is 12.6. The third kappa shape index (κ3) is 2.91. The minimum Gasteiger partial charge on any atom is -0.496 e. The Bertz CT molecular complexity index is 450. The molecule has 18 heavy (non-hydrogen) atoms. The largest absolute Gasteiger partial charge is 0.496 e. The predicted molar refractivity (Wildman–Crippen MR) is 74.3 cm³/mol. The Morgan fingerprint density at radius 1 is 1.39 bits per heavy atom. The highest BCUT2D eigenvalue weighted by Gasteiger charge is 2.31. The Morgan fingerprint density at radius 3 is 2.50 bits per heavy atom. The van der Waals surface area contributed by atoms with Gasteiger partial charge in [-0.15, -0.1) is 0 Å². The van der Waals surface area contributed by atoms with E-state index >= 15 is 0 Å². The standard InChI is InChI=1S/C15H23NO2/c1-6-7-15(4,16)14(17)13-11(3)8-10(2)9-12(13)18-5/h8-9H,6-7,16H2,1-5H3. The van der Waals surface area contributed by atoms with Gasteiger partial charge in [0.15, 0.2) is 5.78 Å². The Balaban J connectivity index is 3.28. The second-order valence-corrected chi connectivity index (χ2v) is 5.16. The van der Waals surface area contributed by atoms with Crippen molar-refractivity contribution in [3.63, 3.8) is 0 Å². The molecule has 0 saturated heterocycles. The maximum Gasteiger partial charge on any atom is 0.186 e. The molecule has 1 unspecified atom stereocenters. The average Bonchev–Trinajstić information content (AvgIpc) is 2.27. The molecule has 3 heteroatoms. The molecule has 0 aliphatic rings. The number of ketones is 1. The van der Waals surface area contributed by atoms with Gasteiger partial charge in [-0.25, -0.2) is 0 Å². The topological polar surface area (TPSA) is 52.3 Å². The van der Waals surface area contributed by atoms with Crippen molar-refractivity contribution in [3.8, 4) is 5.75 Å². The number of ether oxygens (including phenoxy) is 1. The molecule has 0 spiro atoms. The average molecular weight is 249 g/mol. The molecular formula is C15H23NO2. The van der Waals surface area contributed by atoms with Crippen LogP contribution in [-0.2, 0) is 0 Å². The van der Waals surface area contributed by atoms with Gasteiger partial charge in [0, 0.05) is 0 Å². The lowest BCUT2D eigenvalue weighted by Crippen LogP contribution is -2.45. The first kappa shape index (κ1) is 14.7.